The summed E-state index contributed by atoms with van der Waals surface area (Å²) in [5.74, 6) is 0. The van der Waals surface area contributed by atoms with Crippen LogP contribution in [0.15, 0.2) is 0 Å². The molecule has 0 aromatic heterocycles. The van der Waals surface area contributed by atoms with E-state index in [1.54, 1.807) is 0 Å². The third-order valence-corrected chi connectivity index (χ3v) is 3.98. The molecule has 0 amide bonds. The van der Waals surface area contributed by atoms with Crippen LogP contribution in [0.25, 0.3) is 0 Å². The van der Waals surface area contributed by atoms with E-state index in [4.69, 9.17) is 5.73 Å². The fraction of sp³-hybridized carbons (Fsp3) is 1.00. The van der Waals surface area contributed by atoms with Gasteiger partial charge < -0.3 is 5.73 Å². The summed E-state index contributed by atoms with van der Waals surface area (Å²) in [7, 11) is 0. The van der Waals surface area contributed by atoms with E-state index in [-0.39, 0.29) is 5.41 Å². The molecule has 0 radical (unpaired) electrons. The second-order valence-electron chi connectivity index (χ2n) is 6.47. The largest absolute Gasteiger partial charge is 0.326 e. The first kappa shape index (κ1) is 14.0. The fourth-order valence-electron chi connectivity index (χ4n) is 3.14. The van der Waals surface area contributed by atoms with Crippen LogP contribution in [-0.4, -0.2) is 29.6 Å². The Bertz CT molecular complexity index is 207. The van der Waals surface area contributed by atoms with Gasteiger partial charge in [0.2, 0.25) is 0 Å². The summed E-state index contributed by atoms with van der Waals surface area (Å²) in [5.41, 5.74) is 6.63. The standard InChI is InChI=1S/C14H30N2/c1-6-12(15)13(14(3,4)5)16-10-8-7-9-11(16)2/h11-13H,6-10,15H2,1-5H3. The zero-order chi connectivity index (χ0) is 12.3. The number of hydrogen-bond acceptors (Lipinski definition) is 2. The van der Waals surface area contributed by atoms with Gasteiger partial charge in [0.05, 0.1) is 0 Å². The summed E-state index contributed by atoms with van der Waals surface area (Å²) in [4.78, 5) is 2.66. The van der Waals surface area contributed by atoms with Crippen LogP contribution in [0.4, 0.5) is 0 Å². The Morgan fingerprint density at radius 3 is 2.38 bits per heavy atom. The molecular weight excluding hydrogens is 196 g/mol. The molecule has 2 nitrogen and oxygen atoms in total. The van der Waals surface area contributed by atoms with E-state index in [0.717, 1.165) is 6.42 Å². The van der Waals surface area contributed by atoms with Crippen molar-refractivity contribution in [2.45, 2.75) is 78.4 Å². The van der Waals surface area contributed by atoms with Crippen LogP contribution < -0.4 is 5.73 Å². The average molecular weight is 226 g/mol. The summed E-state index contributed by atoms with van der Waals surface area (Å²) in [6.45, 7) is 12.8. The predicted molar refractivity (Wildman–Crippen MR) is 71.5 cm³/mol. The number of nitrogens with two attached hydrogens (primary N) is 1. The molecule has 96 valence electrons. The summed E-state index contributed by atoms with van der Waals surface area (Å²) >= 11 is 0. The normalized spacial score (nSPS) is 27.8. The molecule has 3 atom stereocenters. The van der Waals surface area contributed by atoms with Gasteiger partial charge >= 0.3 is 0 Å². The maximum Gasteiger partial charge on any atom is 0.0298 e. The van der Waals surface area contributed by atoms with Gasteiger partial charge in [-0.1, -0.05) is 34.1 Å². The first-order valence-corrected chi connectivity index (χ1v) is 6.89. The first-order valence-electron chi connectivity index (χ1n) is 6.89. The van der Waals surface area contributed by atoms with E-state index in [9.17, 15) is 0 Å². The predicted octanol–water partition coefficient (Wildman–Crippen LogP) is 3.01. The molecule has 1 rings (SSSR count). The van der Waals surface area contributed by atoms with Crippen molar-refractivity contribution in [1.29, 1.82) is 0 Å². The average Bonchev–Trinajstić information content (AvgIpc) is 2.19. The van der Waals surface area contributed by atoms with Crippen molar-refractivity contribution in [1.82, 2.24) is 4.90 Å². The lowest BCUT2D eigenvalue weighted by molar-refractivity contribution is 0.0247. The summed E-state index contributed by atoms with van der Waals surface area (Å²) < 4.78 is 0. The minimum Gasteiger partial charge on any atom is -0.326 e. The van der Waals surface area contributed by atoms with Crippen LogP contribution in [0.5, 0.6) is 0 Å². The zero-order valence-corrected chi connectivity index (χ0v) is 11.8. The topological polar surface area (TPSA) is 29.3 Å². The van der Waals surface area contributed by atoms with Gasteiger partial charge in [0.25, 0.3) is 0 Å². The van der Waals surface area contributed by atoms with Crippen LogP contribution in [0.2, 0.25) is 0 Å². The molecule has 2 N–H and O–H groups in total. The summed E-state index contributed by atoms with van der Waals surface area (Å²) in [5, 5.41) is 0. The summed E-state index contributed by atoms with van der Waals surface area (Å²) in [6.07, 6.45) is 5.14. The SMILES string of the molecule is CCC(N)C(N1CCCCC1C)C(C)(C)C. The second-order valence-corrected chi connectivity index (χ2v) is 6.47. The molecule has 0 aromatic carbocycles. The summed E-state index contributed by atoms with van der Waals surface area (Å²) in [6, 6.07) is 1.53. The number of nitrogens with zero attached hydrogens (tertiary/aromatic N) is 1. The Hall–Kier alpha value is -0.0800. The fourth-order valence-corrected chi connectivity index (χ4v) is 3.14. The number of hydrogen-bond donors (Lipinski definition) is 1. The zero-order valence-electron chi connectivity index (χ0n) is 11.8. The Kier molecular flexibility index (Phi) is 4.81. The smallest absolute Gasteiger partial charge is 0.0298 e. The highest BCUT2D eigenvalue weighted by molar-refractivity contribution is 4.93. The lowest BCUT2D eigenvalue weighted by atomic mass is 9.79. The Labute approximate surface area is 102 Å². The highest BCUT2D eigenvalue weighted by atomic mass is 15.2. The van der Waals surface area contributed by atoms with Crippen LogP contribution in [0.1, 0.15) is 60.3 Å². The van der Waals surface area contributed by atoms with Gasteiger partial charge in [-0.15, -0.1) is 0 Å². The van der Waals surface area contributed by atoms with E-state index in [1.807, 2.05) is 0 Å². The maximum atomic E-state index is 6.35. The number of likely N-dealkylation sites (tertiary alicyclic amines) is 1. The minimum atomic E-state index is 0.279. The highest BCUT2D eigenvalue weighted by Crippen LogP contribution is 2.32. The van der Waals surface area contributed by atoms with E-state index in [0.29, 0.717) is 18.1 Å². The third-order valence-electron chi connectivity index (χ3n) is 3.98. The van der Waals surface area contributed by atoms with Crippen LogP contribution >= 0.6 is 0 Å². The maximum absolute atomic E-state index is 6.35. The molecule has 16 heavy (non-hydrogen) atoms. The van der Waals surface area contributed by atoms with E-state index in [1.165, 1.54) is 25.8 Å². The van der Waals surface area contributed by atoms with Crippen molar-refractivity contribution in [3.8, 4) is 0 Å². The van der Waals surface area contributed by atoms with E-state index >= 15 is 0 Å². The molecule has 0 aliphatic carbocycles. The minimum absolute atomic E-state index is 0.279. The van der Waals surface area contributed by atoms with Gasteiger partial charge in [-0.05, 0) is 38.1 Å². The van der Waals surface area contributed by atoms with Gasteiger partial charge in [0.15, 0.2) is 0 Å². The molecule has 3 unspecified atom stereocenters. The van der Waals surface area contributed by atoms with Crippen LogP contribution in [0.3, 0.4) is 0 Å². The molecule has 0 spiro atoms. The molecule has 1 aliphatic heterocycles. The monoisotopic (exact) mass is 226 g/mol. The van der Waals surface area contributed by atoms with Crippen LogP contribution in [0, 0.1) is 5.41 Å². The first-order chi connectivity index (χ1) is 7.38. The number of piperidine rings is 1. The van der Waals surface area contributed by atoms with Gasteiger partial charge in [0, 0.05) is 18.1 Å². The third kappa shape index (κ3) is 3.21. The second kappa shape index (κ2) is 5.50. The van der Waals surface area contributed by atoms with Gasteiger partial charge in [-0.3, -0.25) is 4.90 Å². The Morgan fingerprint density at radius 1 is 1.31 bits per heavy atom. The van der Waals surface area contributed by atoms with Crippen molar-refractivity contribution >= 4 is 0 Å². The molecular formula is C14H30N2. The van der Waals surface area contributed by atoms with Gasteiger partial charge in [-0.2, -0.15) is 0 Å². The van der Waals surface area contributed by atoms with Gasteiger partial charge in [0.1, 0.15) is 0 Å². The van der Waals surface area contributed by atoms with Gasteiger partial charge in [-0.25, -0.2) is 0 Å². The molecule has 1 aliphatic rings. The van der Waals surface area contributed by atoms with Crippen molar-refractivity contribution in [3.05, 3.63) is 0 Å². The van der Waals surface area contributed by atoms with Crippen molar-refractivity contribution in [2.75, 3.05) is 6.54 Å². The lowest BCUT2D eigenvalue weighted by Gasteiger charge is -2.48. The molecule has 1 heterocycles. The molecule has 2 heteroatoms. The molecule has 1 saturated heterocycles. The lowest BCUT2D eigenvalue weighted by Crippen LogP contribution is -2.58. The van der Waals surface area contributed by atoms with Crippen LogP contribution in [-0.2, 0) is 0 Å². The Balaban J connectivity index is 2.82. The Morgan fingerprint density at radius 2 is 1.94 bits per heavy atom. The number of rotatable bonds is 3. The quantitative estimate of drug-likeness (QED) is 0.801. The van der Waals surface area contributed by atoms with Crippen molar-refractivity contribution in [3.63, 3.8) is 0 Å². The van der Waals surface area contributed by atoms with E-state index < -0.39 is 0 Å². The van der Waals surface area contributed by atoms with Crippen molar-refractivity contribution in [2.24, 2.45) is 11.1 Å². The van der Waals surface area contributed by atoms with Crippen molar-refractivity contribution < 1.29 is 0 Å². The highest BCUT2D eigenvalue weighted by Gasteiger charge is 2.37. The van der Waals surface area contributed by atoms with E-state index in [2.05, 4.69) is 39.5 Å². The molecule has 1 fully saturated rings. The molecule has 0 bridgehead atoms. The molecule has 0 saturated carbocycles. The molecule has 0 aromatic rings.